The number of amides is 1. The maximum atomic E-state index is 13.2. The van der Waals surface area contributed by atoms with E-state index in [0.717, 1.165) is 31.2 Å². The molecule has 3 rings (SSSR count). The molecule has 130 valence electrons. The monoisotopic (exact) mass is 339 g/mol. The number of hydrogen-bond acceptors (Lipinski definition) is 3. The van der Waals surface area contributed by atoms with Crippen LogP contribution in [-0.4, -0.2) is 24.1 Å². The second-order valence-electron chi connectivity index (χ2n) is 6.33. The van der Waals surface area contributed by atoms with E-state index in [0.29, 0.717) is 11.4 Å². The van der Waals surface area contributed by atoms with Crippen LogP contribution in [0.3, 0.4) is 0 Å². The van der Waals surface area contributed by atoms with E-state index in [1.807, 2.05) is 30.3 Å². The molecule has 0 saturated heterocycles. The quantitative estimate of drug-likeness (QED) is 0.868. The Hall–Kier alpha value is -2.82. The number of carboxylic acid groups (broad SMARTS) is 1. The number of hydrogen-bond donors (Lipinski definition) is 2. The second-order valence-corrected chi connectivity index (χ2v) is 6.33. The molecule has 5 heteroatoms. The van der Waals surface area contributed by atoms with Gasteiger partial charge in [0.2, 0.25) is 5.91 Å². The molecule has 25 heavy (non-hydrogen) atoms. The number of methoxy groups -OCH3 is 1. The van der Waals surface area contributed by atoms with Gasteiger partial charge in [-0.05, 0) is 36.6 Å². The van der Waals surface area contributed by atoms with E-state index >= 15 is 0 Å². The van der Waals surface area contributed by atoms with Crippen molar-refractivity contribution in [2.24, 2.45) is 0 Å². The molecule has 0 aliphatic heterocycles. The summed E-state index contributed by atoms with van der Waals surface area (Å²) >= 11 is 0. The van der Waals surface area contributed by atoms with Crippen LogP contribution in [0.1, 0.15) is 41.6 Å². The van der Waals surface area contributed by atoms with Gasteiger partial charge in [0.1, 0.15) is 5.75 Å². The number of carbonyl (C=O) groups is 2. The van der Waals surface area contributed by atoms with Gasteiger partial charge in [-0.25, -0.2) is 4.79 Å². The van der Waals surface area contributed by atoms with Gasteiger partial charge in [-0.15, -0.1) is 0 Å². The first-order valence-corrected chi connectivity index (χ1v) is 8.35. The van der Waals surface area contributed by atoms with Crippen LogP contribution in [0.4, 0.5) is 5.69 Å². The zero-order valence-electron chi connectivity index (χ0n) is 14.1. The van der Waals surface area contributed by atoms with Crippen molar-refractivity contribution >= 4 is 17.6 Å². The summed E-state index contributed by atoms with van der Waals surface area (Å²) in [5.74, 6) is -0.714. The number of aromatic carboxylic acids is 1. The Morgan fingerprint density at radius 3 is 2.36 bits per heavy atom. The Labute approximate surface area is 146 Å². The molecule has 1 aliphatic carbocycles. The van der Waals surface area contributed by atoms with Crippen molar-refractivity contribution in [3.63, 3.8) is 0 Å². The fraction of sp³-hybridized carbons (Fsp3) is 0.300. The molecule has 5 nitrogen and oxygen atoms in total. The summed E-state index contributed by atoms with van der Waals surface area (Å²) < 4.78 is 5.27. The molecular formula is C20H21NO4. The third kappa shape index (κ3) is 3.22. The lowest BCUT2D eigenvalue weighted by Gasteiger charge is -2.28. The van der Waals surface area contributed by atoms with Crippen LogP contribution in [0.2, 0.25) is 0 Å². The fourth-order valence-corrected chi connectivity index (χ4v) is 3.56. The fourth-order valence-electron chi connectivity index (χ4n) is 3.56. The Morgan fingerprint density at radius 1 is 1.08 bits per heavy atom. The van der Waals surface area contributed by atoms with Gasteiger partial charge in [0.15, 0.2) is 0 Å². The number of ether oxygens (including phenoxy) is 1. The molecule has 0 bridgehead atoms. The number of anilines is 1. The first-order chi connectivity index (χ1) is 12.1. The molecule has 1 saturated carbocycles. The van der Waals surface area contributed by atoms with Crippen LogP contribution < -0.4 is 10.1 Å². The van der Waals surface area contributed by atoms with Crippen LogP contribution in [0.5, 0.6) is 5.75 Å². The minimum atomic E-state index is -1.04. The molecule has 0 atom stereocenters. The van der Waals surface area contributed by atoms with Crippen LogP contribution in [0.15, 0.2) is 48.5 Å². The summed E-state index contributed by atoms with van der Waals surface area (Å²) in [6.07, 6.45) is 3.55. The molecule has 2 aromatic rings. The highest BCUT2D eigenvalue weighted by Gasteiger charge is 2.42. The minimum absolute atomic E-state index is 0.108. The van der Waals surface area contributed by atoms with E-state index in [1.54, 1.807) is 6.07 Å². The molecule has 1 amide bonds. The van der Waals surface area contributed by atoms with E-state index in [4.69, 9.17) is 4.74 Å². The van der Waals surface area contributed by atoms with Crippen LogP contribution in [0.25, 0.3) is 0 Å². The third-order valence-electron chi connectivity index (χ3n) is 4.91. The zero-order chi connectivity index (χ0) is 17.9. The van der Waals surface area contributed by atoms with E-state index in [-0.39, 0.29) is 11.5 Å². The van der Waals surface area contributed by atoms with Crippen molar-refractivity contribution in [3.8, 4) is 5.75 Å². The first kappa shape index (κ1) is 17.0. The number of carboxylic acids is 1. The second kappa shape index (κ2) is 6.97. The highest BCUT2D eigenvalue weighted by atomic mass is 16.5. The molecule has 0 spiro atoms. The summed E-state index contributed by atoms with van der Waals surface area (Å²) in [4.78, 5) is 24.4. The van der Waals surface area contributed by atoms with Gasteiger partial charge in [0.25, 0.3) is 0 Å². The van der Waals surface area contributed by atoms with Crippen molar-refractivity contribution in [2.75, 3.05) is 12.4 Å². The normalized spacial score (nSPS) is 15.6. The molecule has 0 unspecified atom stereocenters. The lowest BCUT2D eigenvalue weighted by molar-refractivity contribution is -0.121. The Balaban J connectivity index is 1.95. The van der Waals surface area contributed by atoms with Gasteiger partial charge in [-0.2, -0.15) is 0 Å². The molecule has 0 radical (unpaired) electrons. The van der Waals surface area contributed by atoms with Crippen molar-refractivity contribution in [1.82, 2.24) is 0 Å². The topological polar surface area (TPSA) is 75.6 Å². The highest BCUT2D eigenvalue weighted by Crippen LogP contribution is 2.42. The maximum absolute atomic E-state index is 13.2. The summed E-state index contributed by atoms with van der Waals surface area (Å²) in [7, 11) is 1.49. The van der Waals surface area contributed by atoms with E-state index in [2.05, 4.69) is 5.32 Å². The molecule has 1 fully saturated rings. The van der Waals surface area contributed by atoms with Crippen LogP contribution in [-0.2, 0) is 10.2 Å². The highest BCUT2D eigenvalue weighted by molar-refractivity contribution is 6.01. The number of rotatable bonds is 5. The lowest BCUT2D eigenvalue weighted by Crippen LogP contribution is -2.38. The van der Waals surface area contributed by atoms with Crippen molar-refractivity contribution < 1.29 is 19.4 Å². The SMILES string of the molecule is COc1ccc(C(=O)O)cc1NC(=O)C1(c2ccccc2)CCCC1. The summed E-state index contributed by atoms with van der Waals surface area (Å²) in [6.45, 7) is 0. The Bertz CT molecular complexity index is 780. The molecule has 2 aromatic carbocycles. The zero-order valence-corrected chi connectivity index (χ0v) is 14.1. The number of carbonyl (C=O) groups excluding carboxylic acids is 1. The van der Waals surface area contributed by atoms with Crippen LogP contribution >= 0.6 is 0 Å². The van der Waals surface area contributed by atoms with E-state index in [1.165, 1.54) is 19.2 Å². The minimum Gasteiger partial charge on any atom is -0.495 e. The van der Waals surface area contributed by atoms with Crippen molar-refractivity contribution in [1.29, 1.82) is 0 Å². The summed E-state index contributed by atoms with van der Waals surface area (Å²) in [5.41, 5.74) is 0.912. The summed E-state index contributed by atoms with van der Waals surface area (Å²) in [5, 5.41) is 12.1. The summed E-state index contributed by atoms with van der Waals surface area (Å²) in [6, 6.07) is 14.2. The number of nitrogens with one attached hydrogen (secondary N) is 1. The van der Waals surface area contributed by atoms with Gasteiger partial charge in [0, 0.05) is 0 Å². The molecule has 0 heterocycles. The lowest BCUT2D eigenvalue weighted by atomic mass is 9.78. The van der Waals surface area contributed by atoms with Crippen molar-refractivity contribution in [3.05, 3.63) is 59.7 Å². The van der Waals surface area contributed by atoms with Crippen molar-refractivity contribution in [2.45, 2.75) is 31.1 Å². The number of benzene rings is 2. The maximum Gasteiger partial charge on any atom is 0.335 e. The van der Waals surface area contributed by atoms with Gasteiger partial charge in [-0.1, -0.05) is 43.2 Å². The Kier molecular flexibility index (Phi) is 4.74. The van der Waals surface area contributed by atoms with Gasteiger partial charge >= 0.3 is 5.97 Å². The molecule has 0 aromatic heterocycles. The Morgan fingerprint density at radius 2 is 1.76 bits per heavy atom. The molecule has 1 aliphatic rings. The van der Waals surface area contributed by atoms with Crippen LogP contribution in [0, 0.1) is 0 Å². The largest absolute Gasteiger partial charge is 0.495 e. The molecule has 2 N–H and O–H groups in total. The first-order valence-electron chi connectivity index (χ1n) is 8.35. The third-order valence-corrected chi connectivity index (χ3v) is 4.91. The van der Waals surface area contributed by atoms with Gasteiger partial charge in [-0.3, -0.25) is 4.79 Å². The molecular weight excluding hydrogens is 318 g/mol. The van der Waals surface area contributed by atoms with Gasteiger partial charge in [0.05, 0.1) is 23.8 Å². The smallest absolute Gasteiger partial charge is 0.335 e. The van der Waals surface area contributed by atoms with E-state index < -0.39 is 11.4 Å². The average Bonchev–Trinajstić information content (AvgIpc) is 3.13. The predicted molar refractivity (Wildman–Crippen MR) is 95.2 cm³/mol. The van der Waals surface area contributed by atoms with E-state index in [9.17, 15) is 14.7 Å². The average molecular weight is 339 g/mol. The standard InChI is InChI=1S/C20H21NO4/c1-25-17-10-9-14(18(22)23)13-16(17)21-19(24)20(11-5-6-12-20)15-7-3-2-4-8-15/h2-4,7-10,13H,5-6,11-12H2,1H3,(H,21,24)(H,22,23). The predicted octanol–water partition coefficient (Wildman–Crippen LogP) is 3.84. The van der Waals surface area contributed by atoms with Gasteiger partial charge < -0.3 is 15.2 Å².